The second-order valence-electron chi connectivity index (χ2n) is 7.23. The summed E-state index contributed by atoms with van der Waals surface area (Å²) in [4.78, 5) is 13.2. The first-order valence-corrected chi connectivity index (χ1v) is 10.7. The molecule has 5 nitrogen and oxygen atoms in total. The van der Waals surface area contributed by atoms with E-state index in [0.29, 0.717) is 18.0 Å². The normalized spacial score (nSPS) is 20.9. The molecule has 0 radical (unpaired) electrons. The topological polar surface area (TPSA) is 51.1 Å². The van der Waals surface area contributed by atoms with E-state index in [0.717, 1.165) is 29.7 Å². The summed E-state index contributed by atoms with van der Waals surface area (Å²) < 4.78 is 12.0. The van der Waals surface area contributed by atoms with Crippen LogP contribution >= 0.6 is 22.6 Å². The van der Waals surface area contributed by atoms with Crippen molar-refractivity contribution in [1.29, 1.82) is 0 Å². The summed E-state index contributed by atoms with van der Waals surface area (Å²) in [6.45, 7) is 0.472. The van der Waals surface area contributed by atoms with E-state index in [4.69, 9.17) is 14.6 Å². The standard InChI is InChI=1S/C23H23IN2O3/c1-28-20-12-9-16(13-21(20)29-2)22-18-5-3-4-6-19(18)23(27)26(25-22)14-15-7-10-17(24)11-8-15/h3-4,7-13,18-19H,5-6,14H2,1-2H3/t18-,19+/m0/s1. The van der Waals surface area contributed by atoms with Crippen LogP contribution in [-0.4, -0.2) is 30.8 Å². The Morgan fingerprint density at radius 2 is 1.69 bits per heavy atom. The summed E-state index contributed by atoms with van der Waals surface area (Å²) in [7, 11) is 3.25. The lowest BCUT2D eigenvalue weighted by molar-refractivity contribution is -0.138. The molecule has 1 heterocycles. The molecule has 0 saturated heterocycles. The van der Waals surface area contributed by atoms with Crippen LogP contribution in [0.3, 0.4) is 0 Å². The lowest BCUT2D eigenvalue weighted by Gasteiger charge is -2.37. The van der Waals surface area contributed by atoms with Gasteiger partial charge in [0.05, 0.1) is 32.4 Å². The molecule has 0 unspecified atom stereocenters. The maximum absolute atomic E-state index is 13.2. The first-order chi connectivity index (χ1) is 14.1. The Balaban J connectivity index is 1.73. The Labute approximate surface area is 184 Å². The molecule has 150 valence electrons. The lowest BCUT2D eigenvalue weighted by atomic mass is 9.76. The van der Waals surface area contributed by atoms with E-state index >= 15 is 0 Å². The van der Waals surface area contributed by atoms with Crippen LogP contribution in [-0.2, 0) is 11.3 Å². The van der Waals surface area contributed by atoms with Crippen molar-refractivity contribution >= 4 is 34.2 Å². The van der Waals surface area contributed by atoms with Crippen LogP contribution in [0, 0.1) is 15.4 Å². The Kier molecular flexibility index (Phi) is 5.89. The van der Waals surface area contributed by atoms with Crippen molar-refractivity contribution in [1.82, 2.24) is 5.01 Å². The van der Waals surface area contributed by atoms with E-state index in [1.54, 1.807) is 19.2 Å². The first-order valence-electron chi connectivity index (χ1n) is 9.62. The van der Waals surface area contributed by atoms with Crippen molar-refractivity contribution in [2.45, 2.75) is 19.4 Å². The van der Waals surface area contributed by atoms with E-state index in [2.05, 4.69) is 46.9 Å². The highest BCUT2D eigenvalue weighted by molar-refractivity contribution is 14.1. The summed E-state index contributed by atoms with van der Waals surface area (Å²) in [6.07, 6.45) is 5.83. The minimum absolute atomic E-state index is 0.0792. The molecular weight excluding hydrogens is 479 g/mol. The number of fused-ring (bicyclic) bond motifs is 1. The summed E-state index contributed by atoms with van der Waals surface area (Å²) in [5.41, 5.74) is 2.97. The molecule has 29 heavy (non-hydrogen) atoms. The number of hydrogen-bond donors (Lipinski definition) is 0. The predicted octanol–water partition coefficient (Wildman–Crippen LogP) is 4.64. The van der Waals surface area contributed by atoms with Gasteiger partial charge in [-0.3, -0.25) is 4.79 Å². The molecule has 2 atom stereocenters. The number of benzene rings is 2. The molecule has 2 aliphatic rings. The van der Waals surface area contributed by atoms with Crippen LogP contribution in [0.4, 0.5) is 0 Å². The molecule has 1 aliphatic carbocycles. The zero-order chi connectivity index (χ0) is 20.4. The summed E-state index contributed by atoms with van der Waals surface area (Å²) in [5.74, 6) is 1.45. The molecular formula is C23H23IN2O3. The van der Waals surface area contributed by atoms with Gasteiger partial charge in [-0.05, 0) is 71.3 Å². The lowest BCUT2D eigenvalue weighted by Crippen LogP contribution is -2.45. The molecule has 2 aromatic rings. The maximum atomic E-state index is 13.2. The summed E-state index contributed by atoms with van der Waals surface area (Å²) in [6, 6.07) is 14.0. The zero-order valence-electron chi connectivity index (χ0n) is 16.5. The Bertz CT molecular complexity index is 969. The van der Waals surface area contributed by atoms with Gasteiger partial charge in [0.15, 0.2) is 11.5 Å². The van der Waals surface area contributed by atoms with Gasteiger partial charge in [-0.15, -0.1) is 0 Å². The number of carbonyl (C=O) groups is 1. The van der Waals surface area contributed by atoms with Crippen LogP contribution in [0.15, 0.2) is 59.7 Å². The average Bonchev–Trinajstić information content (AvgIpc) is 2.76. The number of hydrazone groups is 1. The van der Waals surface area contributed by atoms with E-state index < -0.39 is 0 Å². The van der Waals surface area contributed by atoms with Gasteiger partial charge < -0.3 is 9.47 Å². The van der Waals surface area contributed by atoms with Gasteiger partial charge in [0, 0.05) is 15.1 Å². The number of ether oxygens (including phenoxy) is 2. The van der Waals surface area contributed by atoms with Crippen LogP contribution in [0.5, 0.6) is 11.5 Å². The molecule has 0 bridgehead atoms. The van der Waals surface area contributed by atoms with Crippen molar-refractivity contribution in [2.24, 2.45) is 16.9 Å². The minimum atomic E-state index is -0.0792. The van der Waals surface area contributed by atoms with Crippen molar-refractivity contribution in [3.63, 3.8) is 0 Å². The van der Waals surface area contributed by atoms with Gasteiger partial charge in [0.25, 0.3) is 0 Å². The Morgan fingerprint density at radius 3 is 2.38 bits per heavy atom. The molecule has 1 amide bonds. The van der Waals surface area contributed by atoms with E-state index in [1.165, 1.54) is 3.57 Å². The summed E-state index contributed by atoms with van der Waals surface area (Å²) >= 11 is 2.28. The number of allylic oxidation sites excluding steroid dienone is 2. The number of nitrogens with zero attached hydrogens (tertiary/aromatic N) is 2. The number of methoxy groups -OCH3 is 2. The molecule has 0 fully saturated rings. The van der Waals surface area contributed by atoms with Crippen LogP contribution in [0.25, 0.3) is 0 Å². The molecule has 0 N–H and O–H groups in total. The van der Waals surface area contributed by atoms with E-state index in [-0.39, 0.29) is 17.7 Å². The Morgan fingerprint density at radius 1 is 1.00 bits per heavy atom. The Hall–Kier alpha value is -2.35. The van der Waals surface area contributed by atoms with Crippen LogP contribution in [0.1, 0.15) is 24.0 Å². The molecule has 2 aromatic carbocycles. The first kappa shape index (κ1) is 19.9. The van der Waals surface area contributed by atoms with Gasteiger partial charge in [-0.2, -0.15) is 5.10 Å². The fraction of sp³-hybridized carbons (Fsp3) is 0.304. The van der Waals surface area contributed by atoms with Gasteiger partial charge in [0.2, 0.25) is 5.91 Å². The number of carbonyl (C=O) groups excluding carboxylic acids is 1. The SMILES string of the molecule is COc1ccc(C2=NN(Cc3ccc(I)cc3)C(=O)[C@@H]3CC=CC[C@H]23)cc1OC. The third kappa shape index (κ3) is 4.03. The second-order valence-corrected chi connectivity index (χ2v) is 8.48. The molecule has 4 rings (SSSR count). The number of halogens is 1. The van der Waals surface area contributed by atoms with Gasteiger partial charge in [-0.1, -0.05) is 24.3 Å². The second kappa shape index (κ2) is 8.57. The van der Waals surface area contributed by atoms with Gasteiger partial charge in [-0.25, -0.2) is 5.01 Å². The fourth-order valence-corrected chi connectivity index (χ4v) is 4.34. The highest BCUT2D eigenvalue weighted by Gasteiger charge is 2.40. The smallest absolute Gasteiger partial charge is 0.247 e. The number of rotatable bonds is 5. The van der Waals surface area contributed by atoms with Crippen molar-refractivity contribution in [2.75, 3.05) is 14.2 Å². The highest BCUT2D eigenvalue weighted by Crippen LogP contribution is 2.37. The highest BCUT2D eigenvalue weighted by atomic mass is 127. The van der Waals surface area contributed by atoms with Gasteiger partial charge in [0.1, 0.15) is 0 Å². The number of hydrogen-bond acceptors (Lipinski definition) is 4. The fourth-order valence-electron chi connectivity index (χ4n) is 3.98. The van der Waals surface area contributed by atoms with E-state index in [9.17, 15) is 4.79 Å². The predicted molar refractivity (Wildman–Crippen MR) is 121 cm³/mol. The zero-order valence-corrected chi connectivity index (χ0v) is 18.6. The summed E-state index contributed by atoms with van der Waals surface area (Å²) in [5, 5.41) is 6.47. The van der Waals surface area contributed by atoms with Crippen LogP contribution in [0.2, 0.25) is 0 Å². The van der Waals surface area contributed by atoms with Crippen molar-refractivity contribution in [3.8, 4) is 11.5 Å². The van der Waals surface area contributed by atoms with Crippen molar-refractivity contribution < 1.29 is 14.3 Å². The monoisotopic (exact) mass is 502 g/mol. The maximum Gasteiger partial charge on any atom is 0.247 e. The average molecular weight is 502 g/mol. The van der Waals surface area contributed by atoms with Gasteiger partial charge >= 0.3 is 0 Å². The third-order valence-corrected chi connectivity index (χ3v) is 6.23. The molecule has 1 aliphatic heterocycles. The molecule has 0 saturated carbocycles. The minimum Gasteiger partial charge on any atom is -0.493 e. The molecule has 0 aromatic heterocycles. The molecule has 6 heteroatoms. The van der Waals surface area contributed by atoms with Crippen molar-refractivity contribution in [3.05, 3.63) is 69.3 Å². The largest absolute Gasteiger partial charge is 0.493 e. The van der Waals surface area contributed by atoms with Crippen LogP contribution < -0.4 is 9.47 Å². The number of amides is 1. The third-order valence-electron chi connectivity index (χ3n) is 5.51. The molecule has 0 spiro atoms. The van der Waals surface area contributed by atoms with E-state index in [1.807, 2.05) is 30.3 Å². The quantitative estimate of drug-likeness (QED) is 0.443.